The van der Waals surface area contributed by atoms with Gasteiger partial charge in [-0.25, -0.2) is 0 Å². The Morgan fingerprint density at radius 3 is 2.69 bits per heavy atom. The van der Waals surface area contributed by atoms with Crippen molar-refractivity contribution < 1.29 is 0 Å². The average Bonchev–Trinajstić information content (AvgIpc) is 2.30. The van der Waals surface area contributed by atoms with Crippen LogP contribution in [0.5, 0.6) is 0 Å². The quantitative estimate of drug-likeness (QED) is 0.804. The maximum atomic E-state index is 5.56. The first-order chi connectivity index (χ1) is 7.79. The number of nitrogens with two attached hydrogens (primary N) is 1. The third kappa shape index (κ3) is 2.71. The van der Waals surface area contributed by atoms with Crippen LogP contribution in [0.1, 0.15) is 5.69 Å². The Morgan fingerprint density at radius 2 is 2.06 bits per heavy atom. The summed E-state index contributed by atoms with van der Waals surface area (Å²) in [7, 11) is 0. The van der Waals surface area contributed by atoms with Crippen molar-refractivity contribution in [3.05, 3.63) is 24.0 Å². The molecule has 2 rings (SSSR count). The number of aromatic nitrogens is 1. The van der Waals surface area contributed by atoms with Gasteiger partial charge in [-0.3, -0.25) is 9.88 Å². The molecule has 1 aromatic heterocycles. The molecule has 1 aliphatic heterocycles. The van der Waals surface area contributed by atoms with Gasteiger partial charge in [-0.15, -0.1) is 0 Å². The maximum Gasteiger partial charge on any atom is 0.0400 e. The summed E-state index contributed by atoms with van der Waals surface area (Å²) in [6.07, 6.45) is 1.89. The van der Waals surface area contributed by atoms with Crippen molar-refractivity contribution in [1.82, 2.24) is 9.88 Å². The number of pyridine rings is 1. The molecule has 2 heterocycles. The lowest BCUT2D eigenvalue weighted by atomic mass is 10.2. The Balaban J connectivity index is 1.94. The summed E-state index contributed by atoms with van der Waals surface area (Å²) in [5.41, 5.74) is 7.94. The first-order valence-electron chi connectivity index (χ1n) is 5.89. The van der Waals surface area contributed by atoms with E-state index in [9.17, 15) is 0 Å². The van der Waals surface area contributed by atoms with Gasteiger partial charge in [0.1, 0.15) is 0 Å². The van der Waals surface area contributed by atoms with E-state index >= 15 is 0 Å². The zero-order valence-electron chi connectivity index (χ0n) is 9.89. The summed E-state index contributed by atoms with van der Waals surface area (Å²) in [6, 6.07) is 4.24. The molecular weight excluding hydrogens is 200 g/mol. The van der Waals surface area contributed by atoms with E-state index in [1.807, 2.05) is 13.1 Å². The van der Waals surface area contributed by atoms with Crippen LogP contribution in [0.2, 0.25) is 0 Å². The minimum absolute atomic E-state index is 0.758. The molecule has 1 aromatic rings. The van der Waals surface area contributed by atoms with Gasteiger partial charge >= 0.3 is 0 Å². The Morgan fingerprint density at radius 1 is 1.31 bits per heavy atom. The molecule has 4 heteroatoms. The van der Waals surface area contributed by atoms with Gasteiger partial charge in [0.15, 0.2) is 0 Å². The number of aryl methyl sites for hydroxylation is 1. The predicted molar refractivity (Wildman–Crippen MR) is 66.7 cm³/mol. The van der Waals surface area contributed by atoms with Crippen LogP contribution in [-0.2, 0) is 0 Å². The average molecular weight is 220 g/mol. The fourth-order valence-electron chi connectivity index (χ4n) is 2.14. The Labute approximate surface area is 97.1 Å². The zero-order chi connectivity index (χ0) is 11.4. The summed E-state index contributed by atoms with van der Waals surface area (Å²) < 4.78 is 0. The van der Waals surface area contributed by atoms with Crippen molar-refractivity contribution in [2.24, 2.45) is 5.73 Å². The van der Waals surface area contributed by atoms with Crippen LogP contribution in [-0.4, -0.2) is 49.2 Å². The number of hydrogen-bond acceptors (Lipinski definition) is 4. The van der Waals surface area contributed by atoms with Gasteiger partial charge in [-0.05, 0) is 19.1 Å². The van der Waals surface area contributed by atoms with E-state index in [-0.39, 0.29) is 0 Å². The molecule has 1 saturated heterocycles. The summed E-state index contributed by atoms with van der Waals surface area (Å²) in [4.78, 5) is 9.06. The molecule has 0 bridgehead atoms. The van der Waals surface area contributed by atoms with E-state index in [0.29, 0.717) is 0 Å². The highest BCUT2D eigenvalue weighted by Gasteiger charge is 2.16. The third-order valence-electron chi connectivity index (χ3n) is 3.06. The van der Waals surface area contributed by atoms with Crippen LogP contribution < -0.4 is 10.6 Å². The molecule has 16 heavy (non-hydrogen) atoms. The van der Waals surface area contributed by atoms with Gasteiger partial charge < -0.3 is 10.6 Å². The van der Waals surface area contributed by atoms with E-state index in [4.69, 9.17) is 5.73 Å². The fraction of sp³-hybridized carbons (Fsp3) is 0.583. The summed E-state index contributed by atoms with van der Waals surface area (Å²) in [6.45, 7) is 8.20. The lowest BCUT2D eigenvalue weighted by molar-refractivity contribution is 0.265. The SMILES string of the molecule is Cc1cc(N2CCN(CCN)CC2)ccn1. The van der Waals surface area contributed by atoms with Crippen LogP contribution >= 0.6 is 0 Å². The van der Waals surface area contributed by atoms with Crippen LogP contribution in [0.25, 0.3) is 0 Å². The lowest BCUT2D eigenvalue weighted by Crippen LogP contribution is -2.47. The van der Waals surface area contributed by atoms with Gasteiger partial charge in [-0.2, -0.15) is 0 Å². The van der Waals surface area contributed by atoms with Crippen molar-refractivity contribution in [1.29, 1.82) is 0 Å². The number of hydrogen-bond donors (Lipinski definition) is 1. The Kier molecular flexibility index (Phi) is 3.74. The van der Waals surface area contributed by atoms with E-state index in [1.165, 1.54) is 5.69 Å². The summed E-state index contributed by atoms with van der Waals surface area (Å²) in [5, 5.41) is 0. The van der Waals surface area contributed by atoms with Crippen molar-refractivity contribution in [2.75, 3.05) is 44.2 Å². The predicted octanol–water partition coefficient (Wildman–Crippen LogP) is 0.471. The normalized spacial score (nSPS) is 17.8. The molecule has 1 aliphatic rings. The summed E-state index contributed by atoms with van der Waals surface area (Å²) in [5.74, 6) is 0. The topological polar surface area (TPSA) is 45.4 Å². The Hall–Kier alpha value is -1.13. The number of piperazine rings is 1. The molecule has 0 saturated carbocycles. The van der Waals surface area contributed by atoms with Gasteiger partial charge in [-0.1, -0.05) is 0 Å². The second kappa shape index (κ2) is 5.27. The Bertz CT molecular complexity index is 332. The molecule has 0 aliphatic carbocycles. The number of anilines is 1. The smallest absolute Gasteiger partial charge is 0.0400 e. The largest absolute Gasteiger partial charge is 0.369 e. The van der Waals surface area contributed by atoms with E-state index in [0.717, 1.165) is 45.0 Å². The zero-order valence-corrected chi connectivity index (χ0v) is 9.89. The third-order valence-corrected chi connectivity index (χ3v) is 3.06. The van der Waals surface area contributed by atoms with Crippen molar-refractivity contribution in [3.8, 4) is 0 Å². The van der Waals surface area contributed by atoms with Crippen LogP contribution in [0.3, 0.4) is 0 Å². The van der Waals surface area contributed by atoms with E-state index < -0.39 is 0 Å². The lowest BCUT2D eigenvalue weighted by Gasteiger charge is -2.35. The highest BCUT2D eigenvalue weighted by Crippen LogP contribution is 2.16. The fourth-order valence-corrected chi connectivity index (χ4v) is 2.14. The minimum Gasteiger partial charge on any atom is -0.369 e. The molecule has 2 N–H and O–H groups in total. The highest BCUT2D eigenvalue weighted by atomic mass is 15.3. The van der Waals surface area contributed by atoms with Gasteiger partial charge in [0, 0.05) is 56.8 Å². The summed E-state index contributed by atoms with van der Waals surface area (Å²) >= 11 is 0. The first-order valence-corrected chi connectivity index (χ1v) is 5.89. The number of nitrogens with zero attached hydrogens (tertiary/aromatic N) is 3. The van der Waals surface area contributed by atoms with Crippen LogP contribution in [0.15, 0.2) is 18.3 Å². The van der Waals surface area contributed by atoms with Gasteiger partial charge in [0.2, 0.25) is 0 Å². The van der Waals surface area contributed by atoms with Crippen molar-refractivity contribution in [2.45, 2.75) is 6.92 Å². The van der Waals surface area contributed by atoms with E-state index in [2.05, 4.69) is 26.9 Å². The van der Waals surface area contributed by atoms with Crippen LogP contribution in [0.4, 0.5) is 5.69 Å². The second-order valence-corrected chi connectivity index (χ2v) is 4.27. The molecule has 0 aromatic carbocycles. The molecule has 1 fully saturated rings. The van der Waals surface area contributed by atoms with Crippen molar-refractivity contribution >= 4 is 5.69 Å². The monoisotopic (exact) mass is 220 g/mol. The highest BCUT2D eigenvalue weighted by molar-refractivity contribution is 5.46. The molecule has 0 amide bonds. The molecular formula is C12H20N4. The van der Waals surface area contributed by atoms with E-state index in [1.54, 1.807) is 0 Å². The van der Waals surface area contributed by atoms with Gasteiger partial charge in [0.05, 0.1) is 0 Å². The minimum atomic E-state index is 0.758. The molecule has 4 nitrogen and oxygen atoms in total. The molecule has 88 valence electrons. The molecule has 0 radical (unpaired) electrons. The van der Waals surface area contributed by atoms with Crippen molar-refractivity contribution in [3.63, 3.8) is 0 Å². The molecule has 0 atom stereocenters. The van der Waals surface area contributed by atoms with Gasteiger partial charge in [0.25, 0.3) is 0 Å². The first kappa shape index (κ1) is 11.4. The van der Waals surface area contributed by atoms with Crippen LogP contribution in [0, 0.1) is 6.92 Å². The molecule has 0 unspecified atom stereocenters. The second-order valence-electron chi connectivity index (χ2n) is 4.27. The molecule has 0 spiro atoms. The maximum absolute atomic E-state index is 5.56. The standard InChI is InChI=1S/C12H20N4/c1-11-10-12(2-4-14-11)16-8-6-15(5-3-13)7-9-16/h2,4,10H,3,5-9,13H2,1H3. The number of rotatable bonds is 3.